The van der Waals surface area contributed by atoms with Crippen LogP contribution >= 0.6 is 0 Å². The third-order valence-electron chi connectivity index (χ3n) is 2.88. The van der Waals surface area contributed by atoms with Crippen molar-refractivity contribution in [2.45, 2.75) is 26.4 Å². The second-order valence-electron chi connectivity index (χ2n) is 4.47. The van der Waals surface area contributed by atoms with Gasteiger partial charge in [0.25, 0.3) is 0 Å². The van der Waals surface area contributed by atoms with Gasteiger partial charge in [-0.05, 0) is 37.1 Å². The maximum atomic E-state index is 11.8. The summed E-state index contributed by atoms with van der Waals surface area (Å²) in [4.78, 5) is 13.4. The molecule has 1 heterocycles. The van der Waals surface area contributed by atoms with Crippen LogP contribution in [-0.2, 0) is 4.74 Å². The van der Waals surface area contributed by atoms with E-state index in [0.29, 0.717) is 13.0 Å². The Labute approximate surface area is 101 Å². The number of anilines is 1. The van der Waals surface area contributed by atoms with Gasteiger partial charge in [0.05, 0.1) is 6.61 Å². The van der Waals surface area contributed by atoms with Gasteiger partial charge in [0.2, 0.25) is 0 Å². The summed E-state index contributed by atoms with van der Waals surface area (Å²) < 4.78 is 5.12. The zero-order chi connectivity index (χ0) is 12.4. The van der Waals surface area contributed by atoms with Crippen LogP contribution in [0, 0.1) is 13.8 Å². The van der Waals surface area contributed by atoms with Gasteiger partial charge in [-0.1, -0.05) is 6.07 Å². The van der Waals surface area contributed by atoms with Crippen molar-refractivity contribution in [3.05, 3.63) is 29.3 Å². The third-order valence-corrected chi connectivity index (χ3v) is 2.88. The van der Waals surface area contributed by atoms with Gasteiger partial charge in [0, 0.05) is 18.7 Å². The Hall–Kier alpha value is -1.55. The van der Waals surface area contributed by atoms with Crippen LogP contribution in [0.15, 0.2) is 18.2 Å². The van der Waals surface area contributed by atoms with Crippen molar-refractivity contribution >= 4 is 11.8 Å². The van der Waals surface area contributed by atoms with Gasteiger partial charge < -0.3 is 9.84 Å². The molecule has 1 N–H and O–H groups in total. The first-order valence-corrected chi connectivity index (χ1v) is 5.77. The maximum Gasteiger partial charge on any atom is 0.414 e. The molecule has 1 fully saturated rings. The highest BCUT2D eigenvalue weighted by atomic mass is 16.6. The Morgan fingerprint density at radius 3 is 2.53 bits per heavy atom. The number of cyclic esters (lactones) is 1. The summed E-state index contributed by atoms with van der Waals surface area (Å²) in [5, 5.41) is 8.96. The molecule has 17 heavy (non-hydrogen) atoms. The SMILES string of the molecule is Cc1cc(C)cc(N2CCC(CO)OC2=O)c1. The highest BCUT2D eigenvalue weighted by molar-refractivity contribution is 5.88. The van der Waals surface area contributed by atoms with Crippen LogP contribution in [0.2, 0.25) is 0 Å². The molecular weight excluding hydrogens is 218 g/mol. The van der Waals surface area contributed by atoms with E-state index in [4.69, 9.17) is 9.84 Å². The fourth-order valence-electron chi connectivity index (χ4n) is 2.10. The van der Waals surface area contributed by atoms with E-state index in [2.05, 4.69) is 6.07 Å². The topological polar surface area (TPSA) is 49.8 Å². The second-order valence-corrected chi connectivity index (χ2v) is 4.47. The summed E-state index contributed by atoms with van der Waals surface area (Å²) in [5.74, 6) is 0. The van der Waals surface area contributed by atoms with E-state index in [9.17, 15) is 4.79 Å². The Balaban J connectivity index is 2.20. The quantitative estimate of drug-likeness (QED) is 0.853. The number of carbonyl (C=O) groups is 1. The summed E-state index contributed by atoms with van der Waals surface area (Å²) >= 11 is 0. The minimum absolute atomic E-state index is 0.105. The van der Waals surface area contributed by atoms with Crippen LogP contribution in [0.4, 0.5) is 10.5 Å². The maximum absolute atomic E-state index is 11.8. The number of hydrogen-bond acceptors (Lipinski definition) is 3. The molecule has 1 aliphatic rings. The van der Waals surface area contributed by atoms with Crippen molar-refractivity contribution in [1.29, 1.82) is 0 Å². The van der Waals surface area contributed by atoms with Crippen LogP contribution in [-0.4, -0.2) is 30.5 Å². The van der Waals surface area contributed by atoms with Crippen LogP contribution in [0.25, 0.3) is 0 Å². The van der Waals surface area contributed by atoms with Crippen molar-refractivity contribution in [2.75, 3.05) is 18.1 Å². The van der Waals surface area contributed by atoms with E-state index in [0.717, 1.165) is 16.8 Å². The van der Waals surface area contributed by atoms with Gasteiger partial charge in [-0.25, -0.2) is 4.79 Å². The molecule has 0 saturated carbocycles. The lowest BCUT2D eigenvalue weighted by Crippen LogP contribution is -2.43. The van der Waals surface area contributed by atoms with Gasteiger partial charge in [0.15, 0.2) is 0 Å². The van der Waals surface area contributed by atoms with E-state index < -0.39 is 0 Å². The van der Waals surface area contributed by atoms with Gasteiger partial charge in [-0.15, -0.1) is 0 Å². The molecule has 4 heteroatoms. The standard InChI is InChI=1S/C13H17NO3/c1-9-5-10(2)7-11(6-9)14-4-3-12(8-15)17-13(14)16/h5-7,12,15H,3-4,8H2,1-2H3. The molecule has 92 valence electrons. The first-order valence-electron chi connectivity index (χ1n) is 5.77. The molecule has 0 spiro atoms. The van der Waals surface area contributed by atoms with E-state index in [1.807, 2.05) is 26.0 Å². The molecule has 1 aromatic carbocycles. The Morgan fingerprint density at radius 1 is 1.35 bits per heavy atom. The van der Waals surface area contributed by atoms with E-state index in [1.54, 1.807) is 4.90 Å². The minimum Gasteiger partial charge on any atom is -0.443 e. The highest BCUT2D eigenvalue weighted by Gasteiger charge is 2.27. The zero-order valence-electron chi connectivity index (χ0n) is 10.1. The molecule has 0 aliphatic carbocycles. The lowest BCUT2D eigenvalue weighted by Gasteiger charge is -2.31. The normalized spacial score (nSPS) is 20.3. The van der Waals surface area contributed by atoms with Gasteiger partial charge in [-0.3, -0.25) is 4.90 Å². The number of carbonyl (C=O) groups excluding carboxylic acids is 1. The number of benzene rings is 1. The molecule has 2 rings (SSSR count). The van der Waals surface area contributed by atoms with E-state index >= 15 is 0 Å². The number of aliphatic hydroxyl groups excluding tert-OH is 1. The number of rotatable bonds is 2. The van der Waals surface area contributed by atoms with Gasteiger partial charge >= 0.3 is 6.09 Å². The zero-order valence-corrected chi connectivity index (χ0v) is 10.1. The first kappa shape index (κ1) is 11.9. The predicted octanol–water partition coefficient (Wildman–Crippen LogP) is 2.01. The number of hydrogen-bond donors (Lipinski definition) is 1. The second kappa shape index (κ2) is 4.75. The van der Waals surface area contributed by atoms with Gasteiger partial charge in [0.1, 0.15) is 6.10 Å². The molecule has 1 aliphatic heterocycles. The summed E-state index contributed by atoms with van der Waals surface area (Å²) in [6, 6.07) is 6.00. The number of ether oxygens (including phenoxy) is 1. The third kappa shape index (κ3) is 2.58. The summed E-state index contributed by atoms with van der Waals surface area (Å²) in [7, 11) is 0. The average molecular weight is 235 g/mol. The summed E-state index contributed by atoms with van der Waals surface area (Å²) in [6.07, 6.45) is -0.0696. The highest BCUT2D eigenvalue weighted by Crippen LogP contribution is 2.23. The molecule has 4 nitrogen and oxygen atoms in total. The Bertz CT molecular complexity index is 410. The van der Waals surface area contributed by atoms with Gasteiger partial charge in [-0.2, -0.15) is 0 Å². The van der Waals surface area contributed by atoms with Crippen LogP contribution < -0.4 is 4.90 Å². The largest absolute Gasteiger partial charge is 0.443 e. The fourth-order valence-corrected chi connectivity index (χ4v) is 2.10. The average Bonchev–Trinajstić information content (AvgIpc) is 2.27. The van der Waals surface area contributed by atoms with Crippen molar-refractivity contribution in [2.24, 2.45) is 0 Å². The summed E-state index contributed by atoms with van der Waals surface area (Å²) in [6.45, 7) is 4.49. The predicted molar refractivity (Wildman–Crippen MR) is 65.2 cm³/mol. The van der Waals surface area contributed by atoms with Crippen LogP contribution in [0.5, 0.6) is 0 Å². The summed E-state index contributed by atoms with van der Waals surface area (Å²) in [5.41, 5.74) is 3.11. The molecule has 0 bridgehead atoms. The van der Waals surface area contributed by atoms with Crippen molar-refractivity contribution < 1.29 is 14.6 Å². The van der Waals surface area contributed by atoms with Crippen molar-refractivity contribution in [3.63, 3.8) is 0 Å². The molecule has 1 unspecified atom stereocenters. The lowest BCUT2D eigenvalue weighted by atomic mass is 10.1. The number of aryl methyl sites for hydroxylation is 2. The number of nitrogens with zero attached hydrogens (tertiary/aromatic N) is 1. The number of amides is 1. The lowest BCUT2D eigenvalue weighted by molar-refractivity contribution is 0.0453. The van der Waals surface area contributed by atoms with Crippen molar-refractivity contribution in [3.8, 4) is 0 Å². The van der Waals surface area contributed by atoms with Crippen LogP contribution in [0.1, 0.15) is 17.5 Å². The molecule has 1 atom stereocenters. The molecule has 1 amide bonds. The Morgan fingerprint density at radius 2 is 2.00 bits per heavy atom. The Kier molecular flexibility index (Phi) is 3.33. The minimum atomic E-state index is -0.375. The van der Waals surface area contributed by atoms with Crippen molar-refractivity contribution in [1.82, 2.24) is 0 Å². The molecule has 0 aromatic heterocycles. The molecule has 1 aromatic rings. The van der Waals surface area contributed by atoms with E-state index in [1.165, 1.54) is 0 Å². The molecule has 1 saturated heterocycles. The molecular formula is C13H17NO3. The van der Waals surface area contributed by atoms with E-state index in [-0.39, 0.29) is 18.8 Å². The fraction of sp³-hybridized carbons (Fsp3) is 0.462. The number of aliphatic hydroxyl groups is 1. The first-order chi connectivity index (χ1) is 8.10. The molecule has 0 radical (unpaired) electrons. The smallest absolute Gasteiger partial charge is 0.414 e. The van der Waals surface area contributed by atoms with Crippen LogP contribution in [0.3, 0.4) is 0 Å². The monoisotopic (exact) mass is 235 g/mol.